The van der Waals surface area contributed by atoms with Crippen LogP contribution in [0.2, 0.25) is 0 Å². The van der Waals surface area contributed by atoms with E-state index < -0.39 is 5.97 Å². The number of ether oxygens (including phenoxy) is 3. The molecule has 0 aromatic heterocycles. The molecule has 1 saturated heterocycles. The van der Waals surface area contributed by atoms with Gasteiger partial charge in [0.05, 0.1) is 19.3 Å². The molecule has 0 bridgehead atoms. The molecule has 0 amide bonds. The molecule has 0 radical (unpaired) electrons. The number of rotatable bonds is 3. The van der Waals surface area contributed by atoms with Crippen LogP contribution in [0.4, 0.5) is 5.69 Å². The smallest absolute Gasteiger partial charge is 0.344 e. The van der Waals surface area contributed by atoms with Crippen LogP contribution in [0, 0.1) is 0 Å². The molecule has 1 heterocycles. The predicted molar refractivity (Wildman–Crippen MR) is 78.4 cm³/mol. The van der Waals surface area contributed by atoms with Crippen molar-refractivity contribution < 1.29 is 19.0 Å². The maximum Gasteiger partial charge on any atom is 0.344 e. The molecule has 1 aliphatic heterocycles. The summed E-state index contributed by atoms with van der Waals surface area (Å²) in [5.41, 5.74) is 6.54. The first-order valence-electron chi connectivity index (χ1n) is 7.41. The van der Waals surface area contributed by atoms with Gasteiger partial charge < -0.3 is 19.9 Å². The summed E-state index contributed by atoms with van der Waals surface area (Å²) in [7, 11) is 1.52. The topological polar surface area (TPSA) is 70.8 Å². The fraction of sp³-hybridized carbons (Fsp3) is 0.562. The fourth-order valence-electron chi connectivity index (χ4n) is 3.15. The van der Waals surface area contributed by atoms with Gasteiger partial charge >= 0.3 is 5.97 Å². The molecule has 1 aromatic carbocycles. The van der Waals surface area contributed by atoms with Crippen LogP contribution >= 0.6 is 0 Å². The van der Waals surface area contributed by atoms with E-state index in [1.54, 1.807) is 18.2 Å². The van der Waals surface area contributed by atoms with Crippen LogP contribution in [0.3, 0.4) is 0 Å². The van der Waals surface area contributed by atoms with Crippen LogP contribution in [0.5, 0.6) is 5.75 Å². The Kier molecular flexibility index (Phi) is 3.76. The molecule has 1 spiro atoms. The van der Waals surface area contributed by atoms with E-state index in [-0.39, 0.29) is 11.7 Å². The van der Waals surface area contributed by atoms with E-state index in [1.165, 1.54) is 13.5 Å². The quantitative estimate of drug-likeness (QED) is 0.684. The van der Waals surface area contributed by atoms with E-state index in [9.17, 15) is 4.79 Å². The summed E-state index contributed by atoms with van der Waals surface area (Å²) in [6, 6.07) is 5.14. The highest BCUT2D eigenvalue weighted by atomic mass is 16.6. The van der Waals surface area contributed by atoms with E-state index >= 15 is 0 Å². The Hall–Kier alpha value is -1.75. The second kappa shape index (κ2) is 5.56. The highest BCUT2D eigenvalue weighted by molar-refractivity contribution is 5.98. The summed E-state index contributed by atoms with van der Waals surface area (Å²) >= 11 is 0. The lowest BCUT2D eigenvalue weighted by Crippen LogP contribution is -2.48. The summed E-state index contributed by atoms with van der Waals surface area (Å²) in [5, 5.41) is 0. The lowest BCUT2D eigenvalue weighted by molar-refractivity contribution is -0.159. The summed E-state index contributed by atoms with van der Waals surface area (Å²) in [5.74, 6) is 0.0386. The first-order chi connectivity index (χ1) is 10.1. The molecule has 1 atom stereocenters. The van der Waals surface area contributed by atoms with Crippen molar-refractivity contribution in [2.45, 2.75) is 43.8 Å². The molecule has 21 heavy (non-hydrogen) atoms. The van der Waals surface area contributed by atoms with Crippen molar-refractivity contribution in [3.8, 4) is 5.75 Å². The van der Waals surface area contributed by atoms with Gasteiger partial charge in [0.2, 0.25) is 0 Å². The van der Waals surface area contributed by atoms with E-state index in [2.05, 4.69) is 0 Å². The number of nitrogens with two attached hydrogens (primary N) is 1. The maximum absolute atomic E-state index is 12.4. The number of methoxy groups -OCH3 is 1. The van der Waals surface area contributed by atoms with Crippen molar-refractivity contribution >= 4 is 11.7 Å². The molecule has 5 heteroatoms. The standard InChI is InChI=1S/C16H21NO4/c1-19-13-5-2-4-12(17)14(13)15(18)21-11-6-9-20-16(10-11)7-3-8-16/h2,4-5,11H,3,6-10,17H2,1H3. The first kappa shape index (κ1) is 14.2. The van der Waals surface area contributed by atoms with Gasteiger partial charge in [-0.1, -0.05) is 6.07 Å². The molecule has 2 aliphatic rings. The van der Waals surface area contributed by atoms with Gasteiger partial charge in [0, 0.05) is 18.5 Å². The molecule has 114 valence electrons. The van der Waals surface area contributed by atoms with E-state index in [4.69, 9.17) is 19.9 Å². The number of nitrogen functional groups attached to an aromatic ring is 1. The Balaban J connectivity index is 1.71. The van der Waals surface area contributed by atoms with Gasteiger partial charge in [-0.15, -0.1) is 0 Å². The molecular weight excluding hydrogens is 270 g/mol. The van der Waals surface area contributed by atoms with Crippen LogP contribution in [-0.4, -0.2) is 31.4 Å². The van der Waals surface area contributed by atoms with Gasteiger partial charge in [0.1, 0.15) is 17.4 Å². The van der Waals surface area contributed by atoms with Crippen LogP contribution < -0.4 is 10.5 Å². The highest BCUT2D eigenvalue weighted by Crippen LogP contribution is 2.43. The van der Waals surface area contributed by atoms with Crippen molar-refractivity contribution in [2.75, 3.05) is 19.5 Å². The van der Waals surface area contributed by atoms with Crippen LogP contribution in [0.25, 0.3) is 0 Å². The highest BCUT2D eigenvalue weighted by Gasteiger charge is 2.43. The molecule has 2 N–H and O–H groups in total. The van der Waals surface area contributed by atoms with Crippen molar-refractivity contribution in [3.05, 3.63) is 23.8 Å². The largest absolute Gasteiger partial charge is 0.496 e. The van der Waals surface area contributed by atoms with Crippen molar-refractivity contribution in [1.82, 2.24) is 0 Å². The van der Waals surface area contributed by atoms with Gasteiger partial charge in [-0.2, -0.15) is 0 Å². The summed E-state index contributed by atoms with van der Waals surface area (Å²) in [6.07, 6.45) is 4.75. The average Bonchev–Trinajstić information content (AvgIpc) is 2.45. The predicted octanol–water partition coefficient (Wildman–Crippen LogP) is 2.54. The summed E-state index contributed by atoms with van der Waals surface area (Å²) < 4.78 is 16.7. The zero-order valence-corrected chi connectivity index (χ0v) is 12.3. The van der Waals surface area contributed by atoms with Crippen molar-refractivity contribution in [3.63, 3.8) is 0 Å². The Bertz CT molecular complexity index is 539. The monoisotopic (exact) mass is 291 g/mol. The molecule has 1 aromatic rings. The molecule has 1 aliphatic carbocycles. The minimum atomic E-state index is -0.411. The molecular formula is C16H21NO4. The zero-order chi connectivity index (χ0) is 14.9. The van der Waals surface area contributed by atoms with Gasteiger partial charge in [-0.05, 0) is 31.4 Å². The third-order valence-electron chi connectivity index (χ3n) is 4.47. The first-order valence-corrected chi connectivity index (χ1v) is 7.41. The molecule has 1 unspecified atom stereocenters. The van der Waals surface area contributed by atoms with Gasteiger partial charge in [0.15, 0.2) is 0 Å². The van der Waals surface area contributed by atoms with Crippen molar-refractivity contribution in [2.24, 2.45) is 0 Å². The Labute approximate surface area is 124 Å². The number of carbonyl (C=O) groups is 1. The van der Waals surface area contributed by atoms with Crippen LogP contribution in [-0.2, 0) is 9.47 Å². The lowest BCUT2D eigenvalue weighted by atomic mass is 9.74. The number of anilines is 1. The summed E-state index contributed by atoms with van der Waals surface area (Å²) in [6.45, 7) is 0.652. The Morgan fingerprint density at radius 2 is 2.24 bits per heavy atom. The second-order valence-electron chi connectivity index (χ2n) is 5.83. The van der Waals surface area contributed by atoms with Crippen molar-refractivity contribution in [1.29, 1.82) is 0 Å². The molecule has 3 rings (SSSR count). The van der Waals surface area contributed by atoms with Crippen LogP contribution in [0.15, 0.2) is 18.2 Å². The Morgan fingerprint density at radius 1 is 1.43 bits per heavy atom. The molecule has 5 nitrogen and oxygen atoms in total. The van der Waals surface area contributed by atoms with E-state index in [0.717, 1.165) is 25.7 Å². The maximum atomic E-state index is 12.4. The van der Waals surface area contributed by atoms with Gasteiger partial charge in [-0.3, -0.25) is 0 Å². The third kappa shape index (κ3) is 2.70. The lowest BCUT2D eigenvalue weighted by Gasteiger charge is -2.46. The van der Waals surface area contributed by atoms with Gasteiger partial charge in [0.25, 0.3) is 0 Å². The number of hydrogen-bond acceptors (Lipinski definition) is 5. The van der Waals surface area contributed by atoms with E-state index in [1.807, 2.05) is 0 Å². The number of hydrogen-bond donors (Lipinski definition) is 1. The number of esters is 1. The summed E-state index contributed by atoms with van der Waals surface area (Å²) in [4.78, 5) is 12.4. The minimum Gasteiger partial charge on any atom is -0.496 e. The fourth-order valence-corrected chi connectivity index (χ4v) is 3.15. The van der Waals surface area contributed by atoms with E-state index in [0.29, 0.717) is 23.6 Å². The normalized spacial score (nSPS) is 23.4. The molecule has 1 saturated carbocycles. The Morgan fingerprint density at radius 3 is 2.90 bits per heavy atom. The van der Waals surface area contributed by atoms with Crippen LogP contribution in [0.1, 0.15) is 42.5 Å². The minimum absolute atomic E-state index is 0.0461. The third-order valence-corrected chi connectivity index (χ3v) is 4.47. The average molecular weight is 291 g/mol. The number of benzene rings is 1. The molecule has 2 fully saturated rings. The SMILES string of the molecule is COc1cccc(N)c1C(=O)OC1CCOC2(CCC2)C1. The zero-order valence-electron chi connectivity index (χ0n) is 12.3. The van der Waals surface area contributed by atoms with Gasteiger partial charge in [-0.25, -0.2) is 4.79 Å². The number of carbonyl (C=O) groups excluding carboxylic acids is 1. The second-order valence-corrected chi connectivity index (χ2v) is 5.83.